The van der Waals surface area contributed by atoms with E-state index in [0.717, 1.165) is 18.1 Å². The standard InChI is InChI=1S/C7H11N3O2S/c1-2-5-8-6(10-9-5)3-13-4-7(11)12/h2-4H2,1H3,(H,11,12)(H,8,9,10). The van der Waals surface area contributed by atoms with Gasteiger partial charge in [0.2, 0.25) is 0 Å². The second-order valence-electron chi connectivity index (χ2n) is 2.44. The lowest BCUT2D eigenvalue weighted by Gasteiger charge is -1.92. The second kappa shape index (κ2) is 4.86. The number of hydrogen-bond acceptors (Lipinski definition) is 4. The summed E-state index contributed by atoms with van der Waals surface area (Å²) >= 11 is 1.30. The average Bonchev–Trinajstić information content (AvgIpc) is 2.52. The number of carboxylic acid groups (broad SMARTS) is 1. The van der Waals surface area contributed by atoms with Crippen LogP contribution < -0.4 is 0 Å². The van der Waals surface area contributed by atoms with Crippen LogP contribution in [0.5, 0.6) is 0 Å². The molecule has 0 amide bonds. The van der Waals surface area contributed by atoms with Crippen molar-refractivity contribution in [3.05, 3.63) is 11.6 Å². The molecule has 0 bridgehead atoms. The Hall–Kier alpha value is -1.04. The molecule has 0 aliphatic heterocycles. The molecule has 1 rings (SSSR count). The van der Waals surface area contributed by atoms with E-state index >= 15 is 0 Å². The smallest absolute Gasteiger partial charge is 0.313 e. The summed E-state index contributed by atoms with van der Waals surface area (Å²) in [6, 6.07) is 0. The highest BCUT2D eigenvalue weighted by atomic mass is 32.2. The van der Waals surface area contributed by atoms with Gasteiger partial charge in [0.1, 0.15) is 11.6 Å². The molecule has 0 fully saturated rings. The lowest BCUT2D eigenvalue weighted by Crippen LogP contribution is -1.98. The van der Waals surface area contributed by atoms with Crippen LogP contribution >= 0.6 is 11.8 Å². The van der Waals surface area contributed by atoms with Gasteiger partial charge in [0.15, 0.2) is 0 Å². The Morgan fingerprint density at radius 2 is 2.46 bits per heavy atom. The Morgan fingerprint density at radius 1 is 1.69 bits per heavy atom. The van der Waals surface area contributed by atoms with Crippen LogP contribution in [0.2, 0.25) is 0 Å². The quantitative estimate of drug-likeness (QED) is 0.732. The Balaban J connectivity index is 2.32. The normalized spacial score (nSPS) is 10.2. The molecule has 0 unspecified atom stereocenters. The molecular formula is C7H11N3O2S. The number of aromatic amines is 1. The first-order chi connectivity index (χ1) is 6.22. The number of aromatic nitrogens is 3. The molecule has 0 spiro atoms. The number of carboxylic acids is 1. The Bertz CT molecular complexity index is 287. The summed E-state index contributed by atoms with van der Waals surface area (Å²) in [7, 11) is 0. The van der Waals surface area contributed by atoms with Gasteiger partial charge < -0.3 is 5.11 Å². The third-order valence-corrected chi connectivity index (χ3v) is 2.29. The van der Waals surface area contributed by atoms with Gasteiger partial charge in [-0.1, -0.05) is 6.92 Å². The fourth-order valence-corrected chi connectivity index (χ4v) is 1.39. The molecule has 6 heteroatoms. The van der Waals surface area contributed by atoms with E-state index in [9.17, 15) is 4.79 Å². The molecule has 1 heterocycles. The Labute approximate surface area is 80.0 Å². The number of aliphatic carboxylic acids is 1. The fourth-order valence-electron chi connectivity index (χ4n) is 0.793. The second-order valence-corrected chi connectivity index (χ2v) is 3.42. The summed E-state index contributed by atoms with van der Waals surface area (Å²) in [5.74, 6) is 1.37. The summed E-state index contributed by atoms with van der Waals surface area (Å²) in [6.45, 7) is 1.97. The Morgan fingerprint density at radius 3 is 3.00 bits per heavy atom. The molecule has 0 radical (unpaired) electrons. The molecule has 0 saturated carbocycles. The van der Waals surface area contributed by atoms with Gasteiger partial charge in [0.05, 0.1) is 11.5 Å². The van der Waals surface area contributed by atoms with Crippen molar-refractivity contribution in [1.29, 1.82) is 0 Å². The lowest BCUT2D eigenvalue weighted by molar-refractivity contribution is -0.133. The van der Waals surface area contributed by atoms with Crippen molar-refractivity contribution in [2.45, 2.75) is 19.1 Å². The zero-order chi connectivity index (χ0) is 9.68. The van der Waals surface area contributed by atoms with Crippen LogP contribution in [0, 0.1) is 0 Å². The maximum atomic E-state index is 10.2. The van der Waals surface area contributed by atoms with Crippen molar-refractivity contribution < 1.29 is 9.90 Å². The third kappa shape index (κ3) is 3.45. The fraction of sp³-hybridized carbons (Fsp3) is 0.571. The molecular weight excluding hydrogens is 190 g/mol. The van der Waals surface area contributed by atoms with Crippen molar-refractivity contribution in [1.82, 2.24) is 15.2 Å². The summed E-state index contributed by atoms with van der Waals surface area (Å²) in [6.07, 6.45) is 0.792. The van der Waals surface area contributed by atoms with E-state index in [1.165, 1.54) is 11.8 Å². The summed E-state index contributed by atoms with van der Waals surface area (Å²) in [5.41, 5.74) is 0. The van der Waals surface area contributed by atoms with E-state index < -0.39 is 5.97 Å². The number of H-pyrrole nitrogens is 1. The number of thioether (sulfide) groups is 1. The first-order valence-electron chi connectivity index (χ1n) is 3.92. The van der Waals surface area contributed by atoms with Crippen molar-refractivity contribution in [2.75, 3.05) is 5.75 Å². The van der Waals surface area contributed by atoms with Crippen LogP contribution in [-0.4, -0.2) is 32.0 Å². The van der Waals surface area contributed by atoms with Crippen molar-refractivity contribution in [3.63, 3.8) is 0 Å². The minimum absolute atomic E-state index is 0.0994. The average molecular weight is 201 g/mol. The number of nitrogens with zero attached hydrogens (tertiary/aromatic N) is 2. The number of hydrogen-bond donors (Lipinski definition) is 2. The predicted octanol–water partition coefficient (Wildman–Crippen LogP) is 0.685. The molecule has 2 N–H and O–H groups in total. The van der Waals surface area contributed by atoms with E-state index in [1.54, 1.807) is 0 Å². The van der Waals surface area contributed by atoms with E-state index in [1.807, 2.05) is 6.92 Å². The zero-order valence-corrected chi connectivity index (χ0v) is 8.10. The van der Waals surface area contributed by atoms with Gasteiger partial charge in [-0.3, -0.25) is 9.89 Å². The van der Waals surface area contributed by atoms with Gasteiger partial charge in [0.25, 0.3) is 0 Å². The number of nitrogens with one attached hydrogen (secondary N) is 1. The van der Waals surface area contributed by atoms with E-state index in [0.29, 0.717) is 5.75 Å². The summed E-state index contributed by atoms with van der Waals surface area (Å²) in [5, 5.41) is 15.1. The monoisotopic (exact) mass is 201 g/mol. The van der Waals surface area contributed by atoms with Crippen molar-refractivity contribution in [3.8, 4) is 0 Å². The number of carbonyl (C=O) groups is 1. The molecule has 0 aliphatic carbocycles. The first-order valence-corrected chi connectivity index (χ1v) is 5.07. The van der Waals surface area contributed by atoms with Crippen LogP contribution in [0.25, 0.3) is 0 Å². The molecule has 13 heavy (non-hydrogen) atoms. The molecule has 1 aromatic rings. The Kier molecular flexibility index (Phi) is 3.75. The molecule has 0 saturated heterocycles. The van der Waals surface area contributed by atoms with Gasteiger partial charge in [-0.25, -0.2) is 4.98 Å². The largest absolute Gasteiger partial charge is 0.481 e. The molecule has 5 nitrogen and oxygen atoms in total. The highest BCUT2D eigenvalue weighted by molar-refractivity contribution is 7.99. The van der Waals surface area contributed by atoms with Crippen LogP contribution in [-0.2, 0) is 17.0 Å². The topological polar surface area (TPSA) is 78.9 Å². The first kappa shape index (κ1) is 10.0. The van der Waals surface area contributed by atoms with Crippen LogP contribution in [0.1, 0.15) is 18.6 Å². The molecule has 72 valence electrons. The third-order valence-electron chi connectivity index (χ3n) is 1.36. The number of rotatable bonds is 5. The van der Waals surface area contributed by atoms with E-state index in [2.05, 4.69) is 15.2 Å². The van der Waals surface area contributed by atoms with Gasteiger partial charge in [-0.05, 0) is 0 Å². The highest BCUT2D eigenvalue weighted by Gasteiger charge is 2.02. The minimum Gasteiger partial charge on any atom is -0.481 e. The van der Waals surface area contributed by atoms with E-state index in [-0.39, 0.29) is 5.75 Å². The van der Waals surface area contributed by atoms with Gasteiger partial charge >= 0.3 is 5.97 Å². The maximum Gasteiger partial charge on any atom is 0.313 e. The molecule has 1 aromatic heterocycles. The summed E-state index contributed by atoms with van der Waals surface area (Å²) in [4.78, 5) is 14.3. The van der Waals surface area contributed by atoms with Crippen molar-refractivity contribution in [2.24, 2.45) is 0 Å². The van der Waals surface area contributed by atoms with Crippen LogP contribution in [0.15, 0.2) is 0 Å². The van der Waals surface area contributed by atoms with Gasteiger partial charge in [-0.2, -0.15) is 5.10 Å². The lowest BCUT2D eigenvalue weighted by atomic mass is 10.5. The SMILES string of the molecule is CCc1n[nH]c(CSCC(=O)O)n1. The van der Waals surface area contributed by atoms with Crippen LogP contribution in [0.4, 0.5) is 0 Å². The number of aryl methyl sites for hydroxylation is 1. The van der Waals surface area contributed by atoms with Crippen molar-refractivity contribution >= 4 is 17.7 Å². The van der Waals surface area contributed by atoms with Crippen LogP contribution in [0.3, 0.4) is 0 Å². The van der Waals surface area contributed by atoms with Gasteiger partial charge in [0, 0.05) is 6.42 Å². The van der Waals surface area contributed by atoms with Gasteiger partial charge in [-0.15, -0.1) is 11.8 Å². The summed E-state index contributed by atoms with van der Waals surface area (Å²) < 4.78 is 0. The molecule has 0 aromatic carbocycles. The minimum atomic E-state index is -0.805. The van der Waals surface area contributed by atoms with E-state index in [4.69, 9.17) is 5.11 Å². The maximum absolute atomic E-state index is 10.2. The highest BCUT2D eigenvalue weighted by Crippen LogP contribution is 2.07. The molecule has 0 aliphatic rings. The predicted molar refractivity (Wildman–Crippen MR) is 49.6 cm³/mol. The molecule has 0 atom stereocenters. The zero-order valence-electron chi connectivity index (χ0n) is 7.28.